The zero-order valence-corrected chi connectivity index (χ0v) is 8.52. The maximum atomic E-state index is 11.0. The van der Waals surface area contributed by atoms with E-state index in [0.29, 0.717) is 5.75 Å². The molecule has 13 heavy (non-hydrogen) atoms. The number of carbonyl (C=O) groups excluding carboxylic acids is 1. The number of rotatable bonds is 7. The van der Waals surface area contributed by atoms with Crippen LogP contribution in [0.2, 0.25) is 0 Å². The van der Waals surface area contributed by atoms with Crippen molar-refractivity contribution in [1.29, 1.82) is 0 Å². The van der Waals surface area contributed by atoms with E-state index in [2.05, 4.69) is 12.2 Å². The molecule has 0 heterocycles. The summed E-state index contributed by atoms with van der Waals surface area (Å²) in [4.78, 5) is 21.1. The Balaban J connectivity index is 3.25. The second kappa shape index (κ2) is 7.91. The third-order valence-corrected chi connectivity index (χ3v) is 2.41. The molecule has 0 fully saturated rings. The van der Waals surface area contributed by atoms with Crippen molar-refractivity contribution in [3.05, 3.63) is 0 Å². The summed E-state index contributed by atoms with van der Waals surface area (Å²) in [7, 11) is 0. The van der Waals surface area contributed by atoms with Crippen LogP contribution in [0.15, 0.2) is 0 Å². The molecule has 0 spiro atoms. The molecular formula is C8H15NO3S. The molecule has 0 aromatic heterocycles. The average molecular weight is 205 g/mol. The first-order chi connectivity index (χ1) is 6.16. The number of carbonyl (C=O) groups is 2. The van der Waals surface area contributed by atoms with E-state index in [4.69, 9.17) is 5.11 Å². The van der Waals surface area contributed by atoms with Crippen LogP contribution in [0.1, 0.15) is 19.8 Å². The van der Waals surface area contributed by atoms with Crippen LogP contribution in [-0.4, -0.2) is 35.0 Å². The fourth-order valence-electron chi connectivity index (χ4n) is 0.669. The highest BCUT2D eigenvalue weighted by Gasteiger charge is 2.01. The molecule has 0 aliphatic carbocycles. The van der Waals surface area contributed by atoms with Gasteiger partial charge in [-0.2, -0.15) is 11.8 Å². The summed E-state index contributed by atoms with van der Waals surface area (Å²) >= 11 is 1.56. The third-order valence-electron chi connectivity index (χ3n) is 1.24. The first-order valence-electron chi connectivity index (χ1n) is 4.23. The Kier molecular flexibility index (Phi) is 7.48. The van der Waals surface area contributed by atoms with E-state index in [-0.39, 0.29) is 18.9 Å². The molecule has 5 heteroatoms. The summed E-state index contributed by atoms with van der Waals surface area (Å²) in [5, 5.41) is 10.8. The first kappa shape index (κ1) is 12.3. The van der Waals surface area contributed by atoms with Crippen molar-refractivity contribution in [3.8, 4) is 0 Å². The van der Waals surface area contributed by atoms with Gasteiger partial charge in [-0.3, -0.25) is 9.59 Å². The second-order valence-corrected chi connectivity index (χ2v) is 3.65. The summed E-state index contributed by atoms with van der Waals surface area (Å²) in [5.74, 6) is 0.418. The van der Waals surface area contributed by atoms with Gasteiger partial charge in [0.15, 0.2) is 0 Å². The van der Waals surface area contributed by atoms with Gasteiger partial charge < -0.3 is 10.4 Å². The number of amides is 1. The van der Waals surface area contributed by atoms with Crippen LogP contribution >= 0.6 is 11.8 Å². The zero-order valence-electron chi connectivity index (χ0n) is 7.71. The van der Waals surface area contributed by atoms with E-state index in [9.17, 15) is 9.59 Å². The molecule has 0 bridgehead atoms. The predicted octanol–water partition coefficient (Wildman–Crippen LogP) is 0.721. The minimum absolute atomic E-state index is 0.00974. The van der Waals surface area contributed by atoms with Crippen molar-refractivity contribution in [2.45, 2.75) is 19.8 Å². The molecule has 0 rings (SSSR count). The Morgan fingerprint density at radius 3 is 2.69 bits per heavy atom. The van der Waals surface area contributed by atoms with Crippen LogP contribution in [0, 0.1) is 0 Å². The van der Waals surface area contributed by atoms with E-state index in [1.807, 2.05) is 0 Å². The lowest BCUT2D eigenvalue weighted by Crippen LogP contribution is -2.27. The van der Waals surface area contributed by atoms with Crippen LogP contribution in [0.4, 0.5) is 0 Å². The van der Waals surface area contributed by atoms with E-state index < -0.39 is 5.97 Å². The molecule has 0 radical (unpaired) electrons. The average Bonchev–Trinajstić information content (AvgIpc) is 2.04. The maximum absolute atomic E-state index is 11.0. The number of hydrogen-bond donors (Lipinski definition) is 2. The Morgan fingerprint density at radius 1 is 1.46 bits per heavy atom. The lowest BCUT2D eigenvalue weighted by Gasteiger charge is -2.01. The highest BCUT2D eigenvalue weighted by atomic mass is 32.2. The van der Waals surface area contributed by atoms with Crippen LogP contribution in [0.3, 0.4) is 0 Å². The minimum Gasteiger partial charge on any atom is -0.481 e. The van der Waals surface area contributed by atoms with E-state index in [0.717, 1.165) is 12.2 Å². The second-order valence-electron chi connectivity index (χ2n) is 2.55. The molecule has 0 aliphatic heterocycles. The normalized spacial score (nSPS) is 9.62. The Bertz CT molecular complexity index is 173. The predicted molar refractivity (Wildman–Crippen MR) is 52.9 cm³/mol. The van der Waals surface area contributed by atoms with E-state index in [1.165, 1.54) is 0 Å². The highest BCUT2D eigenvalue weighted by Crippen LogP contribution is 2.00. The van der Waals surface area contributed by atoms with Crippen molar-refractivity contribution in [2.24, 2.45) is 0 Å². The topological polar surface area (TPSA) is 66.4 Å². The monoisotopic (exact) mass is 205 g/mol. The van der Waals surface area contributed by atoms with Crippen LogP contribution in [0.25, 0.3) is 0 Å². The van der Waals surface area contributed by atoms with Crippen LogP contribution in [-0.2, 0) is 9.59 Å². The van der Waals surface area contributed by atoms with Gasteiger partial charge in [0.2, 0.25) is 5.91 Å². The Labute approximate surface area is 82.1 Å². The summed E-state index contributed by atoms with van der Waals surface area (Å²) in [6.07, 6.45) is 1.04. The van der Waals surface area contributed by atoms with Crippen molar-refractivity contribution in [1.82, 2.24) is 5.32 Å². The fraction of sp³-hybridized carbons (Fsp3) is 0.750. The van der Waals surface area contributed by atoms with Gasteiger partial charge >= 0.3 is 5.97 Å². The minimum atomic E-state index is -0.887. The molecule has 0 aromatic rings. The van der Waals surface area contributed by atoms with Crippen molar-refractivity contribution in [2.75, 3.05) is 18.1 Å². The molecule has 0 saturated heterocycles. The molecule has 0 aliphatic rings. The lowest BCUT2D eigenvalue weighted by molar-refractivity contribution is -0.136. The van der Waals surface area contributed by atoms with Crippen molar-refractivity contribution >= 4 is 23.6 Å². The largest absolute Gasteiger partial charge is 0.481 e. The number of carboxylic acids is 1. The van der Waals surface area contributed by atoms with Gasteiger partial charge in [0.05, 0.1) is 12.2 Å². The van der Waals surface area contributed by atoms with Gasteiger partial charge in [-0.05, 0) is 12.2 Å². The van der Waals surface area contributed by atoms with Gasteiger partial charge in [0, 0.05) is 6.54 Å². The lowest BCUT2D eigenvalue weighted by atomic mass is 10.4. The quantitative estimate of drug-likeness (QED) is 0.601. The third kappa shape index (κ3) is 9.20. The zero-order chi connectivity index (χ0) is 10.1. The summed E-state index contributed by atoms with van der Waals surface area (Å²) < 4.78 is 0. The molecule has 4 nitrogen and oxygen atoms in total. The molecule has 0 unspecified atom stereocenters. The van der Waals surface area contributed by atoms with Gasteiger partial charge in [0.25, 0.3) is 0 Å². The molecule has 1 amide bonds. The van der Waals surface area contributed by atoms with Gasteiger partial charge in [-0.15, -0.1) is 0 Å². The Hall–Kier alpha value is -0.710. The molecular weight excluding hydrogens is 190 g/mol. The van der Waals surface area contributed by atoms with E-state index >= 15 is 0 Å². The summed E-state index contributed by atoms with van der Waals surface area (Å²) in [6, 6.07) is 0. The fourth-order valence-corrected chi connectivity index (χ4v) is 1.39. The summed E-state index contributed by atoms with van der Waals surface area (Å²) in [5.41, 5.74) is 0. The van der Waals surface area contributed by atoms with E-state index in [1.54, 1.807) is 11.8 Å². The van der Waals surface area contributed by atoms with Crippen LogP contribution in [0.5, 0.6) is 0 Å². The molecule has 0 saturated carbocycles. The molecule has 76 valence electrons. The Morgan fingerprint density at radius 2 is 2.15 bits per heavy atom. The number of nitrogens with one attached hydrogen (secondary N) is 1. The number of hydrogen-bond acceptors (Lipinski definition) is 3. The number of thioether (sulfide) groups is 1. The first-order valence-corrected chi connectivity index (χ1v) is 5.38. The van der Waals surface area contributed by atoms with Crippen molar-refractivity contribution in [3.63, 3.8) is 0 Å². The van der Waals surface area contributed by atoms with Crippen LogP contribution < -0.4 is 5.32 Å². The van der Waals surface area contributed by atoms with Gasteiger partial charge in [0.1, 0.15) is 0 Å². The standard InChI is InChI=1S/C8H15NO3S/c1-2-5-13-6-7(10)9-4-3-8(11)12/h2-6H2,1H3,(H,9,10)(H,11,12). The smallest absolute Gasteiger partial charge is 0.305 e. The molecule has 0 atom stereocenters. The highest BCUT2D eigenvalue weighted by molar-refractivity contribution is 7.99. The van der Waals surface area contributed by atoms with Gasteiger partial charge in [-0.1, -0.05) is 6.92 Å². The number of carboxylic acid groups (broad SMARTS) is 1. The number of aliphatic carboxylic acids is 1. The van der Waals surface area contributed by atoms with Crippen molar-refractivity contribution < 1.29 is 14.7 Å². The SMILES string of the molecule is CCCSCC(=O)NCCC(=O)O. The summed E-state index contributed by atoms with van der Waals surface area (Å²) in [6.45, 7) is 2.27. The van der Waals surface area contributed by atoms with Gasteiger partial charge in [-0.25, -0.2) is 0 Å². The maximum Gasteiger partial charge on any atom is 0.305 e. The molecule has 0 aromatic carbocycles. The molecule has 2 N–H and O–H groups in total.